The van der Waals surface area contributed by atoms with Gasteiger partial charge in [-0.05, 0) is 0 Å². The molecule has 0 aromatic rings. The number of rotatable bonds is 0. The van der Waals surface area contributed by atoms with Crippen LogP contribution in [0.3, 0.4) is 0 Å². The van der Waals surface area contributed by atoms with E-state index in [1.807, 2.05) is 27.7 Å². The van der Waals surface area contributed by atoms with E-state index in [4.69, 9.17) is 0 Å². The van der Waals surface area contributed by atoms with E-state index < -0.39 is 11.1 Å². The summed E-state index contributed by atoms with van der Waals surface area (Å²) in [5.41, 5.74) is -0.881. The van der Waals surface area contributed by atoms with Gasteiger partial charge in [-0.15, -0.1) is 0 Å². The maximum atomic E-state index is 10.9. The third kappa shape index (κ3) is 0.594. The van der Waals surface area contributed by atoms with Crippen LogP contribution in [0.25, 0.3) is 0 Å². The summed E-state index contributed by atoms with van der Waals surface area (Å²) in [5.74, 6) is 0. The Hall–Kier alpha value is -0.160. The first kappa shape index (κ1) is 7.94. The molecule has 2 atom stereocenters. The Kier molecular flexibility index (Phi) is 1.36. The standard InChI is InChI=1S/C6H14N2O2/c1-5(2)6(3,4)8(10)7(5)9/h7-8H,1-4H3. The minimum atomic E-state index is -0.440. The van der Waals surface area contributed by atoms with Crippen LogP contribution in [0, 0.1) is 10.4 Å². The molecule has 0 bridgehead atoms. The number of nitrogens with one attached hydrogen (secondary N) is 2. The molecule has 0 radical (unpaired) electrons. The fraction of sp³-hybridized carbons (Fsp3) is 1.00. The Bertz CT molecular complexity index is 138. The van der Waals surface area contributed by atoms with Gasteiger partial charge < -0.3 is 10.4 Å². The second-order valence-electron chi connectivity index (χ2n) is 3.91. The molecule has 0 aromatic carbocycles. The van der Waals surface area contributed by atoms with Crippen molar-refractivity contribution in [3.05, 3.63) is 10.4 Å². The monoisotopic (exact) mass is 146 g/mol. The summed E-state index contributed by atoms with van der Waals surface area (Å²) in [6.45, 7) is 7.26. The van der Waals surface area contributed by atoms with E-state index in [1.54, 1.807) is 0 Å². The molecule has 0 aliphatic carbocycles. The molecule has 4 heteroatoms. The van der Waals surface area contributed by atoms with Crippen molar-refractivity contribution in [2.24, 2.45) is 0 Å². The van der Waals surface area contributed by atoms with E-state index in [2.05, 4.69) is 0 Å². The van der Waals surface area contributed by atoms with Gasteiger partial charge in [0.15, 0.2) is 11.1 Å². The summed E-state index contributed by atoms with van der Waals surface area (Å²) >= 11 is 0. The highest BCUT2D eigenvalue weighted by atomic mass is 16.7. The quantitative estimate of drug-likeness (QED) is 0.398. The normalized spacial score (nSPS) is 42.6. The van der Waals surface area contributed by atoms with Gasteiger partial charge in [-0.3, -0.25) is 0 Å². The second-order valence-corrected chi connectivity index (χ2v) is 3.91. The SMILES string of the molecule is CC1(C)[NH+]([O-])[NH+]([O-])C1(C)C. The van der Waals surface area contributed by atoms with Gasteiger partial charge in [0, 0.05) is 27.7 Å². The number of hydrogen-bond acceptors (Lipinski definition) is 2. The van der Waals surface area contributed by atoms with Crippen LogP contribution in [0.1, 0.15) is 27.7 Å². The highest BCUT2D eigenvalue weighted by Gasteiger charge is 2.62. The van der Waals surface area contributed by atoms with Crippen LogP contribution in [0.15, 0.2) is 0 Å². The molecule has 1 heterocycles. The van der Waals surface area contributed by atoms with E-state index >= 15 is 0 Å². The lowest BCUT2D eigenvalue weighted by Gasteiger charge is -2.63. The molecule has 1 saturated heterocycles. The topological polar surface area (TPSA) is 55.0 Å². The zero-order valence-electron chi connectivity index (χ0n) is 6.82. The first-order valence-corrected chi connectivity index (χ1v) is 3.41. The Morgan fingerprint density at radius 1 is 0.800 bits per heavy atom. The van der Waals surface area contributed by atoms with Crippen molar-refractivity contribution in [1.82, 2.24) is 0 Å². The number of hydrogen-bond donors (Lipinski definition) is 2. The van der Waals surface area contributed by atoms with Crippen molar-refractivity contribution in [2.45, 2.75) is 38.8 Å². The minimum Gasteiger partial charge on any atom is -0.583 e. The Labute approximate surface area is 60.5 Å². The van der Waals surface area contributed by atoms with Gasteiger partial charge in [0.25, 0.3) is 0 Å². The van der Waals surface area contributed by atoms with Gasteiger partial charge in [0.2, 0.25) is 0 Å². The fourth-order valence-electron chi connectivity index (χ4n) is 1.07. The van der Waals surface area contributed by atoms with Crippen LogP contribution in [-0.4, -0.2) is 11.1 Å². The molecular weight excluding hydrogens is 132 g/mol. The Morgan fingerprint density at radius 3 is 1.10 bits per heavy atom. The Morgan fingerprint density at radius 2 is 1.00 bits per heavy atom. The lowest BCUT2D eigenvalue weighted by molar-refractivity contribution is -1.56. The summed E-state index contributed by atoms with van der Waals surface area (Å²) in [6.07, 6.45) is 0. The minimum absolute atomic E-state index is 0.225. The third-order valence-electron chi connectivity index (χ3n) is 2.90. The second kappa shape index (κ2) is 1.71. The smallest absolute Gasteiger partial charge is 0.194 e. The van der Waals surface area contributed by atoms with Gasteiger partial charge in [-0.2, -0.15) is 0 Å². The maximum absolute atomic E-state index is 10.9. The van der Waals surface area contributed by atoms with Crippen LogP contribution in [-0.2, 0) is 0 Å². The van der Waals surface area contributed by atoms with Gasteiger partial charge in [-0.25, -0.2) is 10.3 Å². The van der Waals surface area contributed by atoms with Crippen LogP contribution in [0.4, 0.5) is 0 Å². The molecule has 0 aromatic heterocycles. The molecule has 1 aliphatic rings. The predicted octanol–water partition coefficient (Wildman–Crippen LogP) is -1.76. The summed E-state index contributed by atoms with van der Waals surface area (Å²) in [4.78, 5) is 0. The molecule has 0 spiro atoms. The third-order valence-corrected chi connectivity index (χ3v) is 2.90. The van der Waals surface area contributed by atoms with E-state index in [0.29, 0.717) is 0 Å². The molecule has 1 fully saturated rings. The predicted molar refractivity (Wildman–Crippen MR) is 36.8 cm³/mol. The first-order chi connectivity index (χ1) is 4.32. The maximum Gasteiger partial charge on any atom is 0.194 e. The van der Waals surface area contributed by atoms with Crippen molar-refractivity contribution in [3.63, 3.8) is 0 Å². The van der Waals surface area contributed by atoms with Crippen molar-refractivity contribution in [3.8, 4) is 0 Å². The molecule has 1 aliphatic heterocycles. The molecule has 10 heavy (non-hydrogen) atoms. The van der Waals surface area contributed by atoms with Crippen LogP contribution < -0.4 is 10.3 Å². The summed E-state index contributed by atoms with van der Waals surface area (Å²) in [5, 5.41) is 21.4. The number of quaternary nitrogens is 2. The first-order valence-electron chi connectivity index (χ1n) is 3.41. The zero-order valence-corrected chi connectivity index (χ0v) is 6.82. The summed E-state index contributed by atoms with van der Waals surface area (Å²) < 4.78 is 0. The molecule has 0 amide bonds. The highest BCUT2D eigenvalue weighted by Crippen LogP contribution is 2.17. The number of hydroxylamine groups is 2. The molecule has 0 saturated carbocycles. The van der Waals surface area contributed by atoms with Crippen molar-refractivity contribution >= 4 is 0 Å². The van der Waals surface area contributed by atoms with E-state index in [-0.39, 0.29) is 10.3 Å². The Balaban J connectivity index is 2.82. The average molecular weight is 146 g/mol. The average Bonchev–Trinajstić information content (AvgIpc) is 1.84. The molecule has 2 N–H and O–H groups in total. The zero-order chi connectivity index (χ0) is 8.15. The summed E-state index contributed by atoms with van der Waals surface area (Å²) in [7, 11) is 0. The van der Waals surface area contributed by atoms with E-state index in [9.17, 15) is 10.4 Å². The largest absolute Gasteiger partial charge is 0.583 e. The lowest BCUT2D eigenvalue weighted by Crippen LogP contribution is -3.72. The van der Waals surface area contributed by atoms with E-state index in [1.165, 1.54) is 0 Å². The van der Waals surface area contributed by atoms with Gasteiger partial charge in [0.05, 0.1) is 0 Å². The molecule has 60 valence electrons. The van der Waals surface area contributed by atoms with Crippen molar-refractivity contribution in [2.75, 3.05) is 0 Å². The fourth-order valence-corrected chi connectivity index (χ4v) is 1.07. The van der Waals surface area contributed by atoms with E-state index in [0.717, 1.165) is 0 Å². The van der Waals surface area contributed by atoms with Crippen molar-refractivity contribution in [1.29, 1.82) is 0 Å². The summed E-state index contributed by atoms with van der Waals surface area (Å²) in [6, 6.07) is 0. The molecule has 1 rings (SSSR count). The van der Waals surface area contributed by atoms with Crippen LogP contribution in [0.5, 0.6) is 0 Å². The van der Waals surface area contributed by atoms with Crippen LogP contribution in [0.2, 0.25) is 0 Å². The van der Waals surface area contributed by atoms with Gasteiger partial charge >= 0.3 is 0 Å². The molecule has 2 unspecified atom stereocenters. The highest BCUT2D eigenvalue weighted by molar-refractivity contribution is 4.89. The van der Waals surface area contributed by atoms with Gasteiger partial charge in [0.1, 0.15) is 0 Å². The van der Waals surface area contributed by atoms with Gasteiger partial charge in [-0.1, -0.05) is 0 Å². The lowest BCUT2D eigenvalue weighted by atomic mass is 9.79. The van der Waals surface area contributed by atoms with Crippen LogP contribution >= 0.6 is 0 Å². The molecule has 4 nitrogen and oxygen atoms in total. The van der Waals surface area contributed by atoms with Crippen molar-refractivity contribution < 1.29 is 10.3 Å². The molecular formula is C6H14N2O2.